The molecule has 0 aliphatic rings. The van der Waals surface area contributed by atoms with Crippen LogP contribution in [0.25, 0.3) is 10.6 Å². The van der Waals surface area contributed by atoms with Crippen molar-refractivity contribution in [1.82, 2.24) is 9.97 Å². The highest BCUT2D eigenvalue weighted by molar-refractivity contribution is 9.10. The van der Waals surface area contributed by atoms with E-state index in [1.54, 1.807) is 17.5 Å². The summed E-state index contributed by atoms with van der Waals surface area (Å²) in [5.41, 5.74) is 2.11. The van der Waals surface area contributed by atoms with E-state index in [2.05, 4.69) is 41.8 Å². The fraction of sp³-hybridized carbons (Fsp3) is 0.111. The van der Waals surface area contributed by atoms with Gasteiger partial charge >= 0.3 is 0 Å². The van der Waals surface area contributed by atoms with Crippen molar-refractivity contribution < 1.29 is 0 Å². The van der Waals surface area contributed by atoms with E-state index in [9.17, 15) is 0 Å². The summed E-state index contributed by atoms with van der Waals surface area (Å²) in [6.45, 7) is 0. The van der Waals surface area contributed by atoms with Crippen molar-refractivity contribution in [1.29, 1.82) is 0 Å². The molecule has 0 aliphatic carbocycles. The van der Waals surface area contributed by atoms with Gasteiger partial charge in [-0.1, -0.05) is 15.9 Å². The molecule has 0 aliphatic heterocycles. The zero-order chi connectivity index (χ0) is 9.97. The Morgan fingerprint density at radius 2 is 2.21 bits per heavy atom. The fourth-order valence-corrected chi connectivity index (χ4v) is 2.70. The molecule has 0 bridgehead atoms. The van der Waals surface area contributed by atoms with Gasteiger partial charge in [-0.15, -0.1) is 11.3 Å². The van der Waals surface area contributed by atoms with Crippen LogP contribution in [0.2, 0.25) is 0 Å². The van der Waals surface area contributed by atoms with Crippen molar-refractivity contribution in [3.8, 4) is 10.6 Å². The monoisotopic (exact) mass is 332 g/mol. The van der Waals surface area contributed by atoms with Gasteiger partial charge in [0.1, 0.15) is 5.01 Å². The summed E-state index contributed by atoms with van der Waals surface area (Å²) in [7, 11) is 0. The summed E-state index contributed by atoms with van der Waals surface area (Å²) in [5.74, 6) is 0. The van der Waals surface area contributed by atoms with E-state index in [4.69, 9.17) is 0 Å². The normalized spacial score (nSPS) is 10.4. The minimum atomic E-state index is 0.797. The molecule has 0 saturated carbocycles. The maximum absolute atomic E-state index is 4.45. The topological polar surface area (TPSA) is 25.8 Å². The minimum absolute atomic E-state index is 0.797. The highest BCUT2D eigenvalue weighted by Gasteiger charge is 2.04. The molecular formula is C9H6Br2N2S. The maximum Gasteiger partial charge on any atom is 0.125 e. The predicted octanol–water partition coefficient (Wildman–Crippen LogP) is 3.86. The molecule has 2 rings (SSSR count). The number of rotatable bonds is 2. The Bertz CT molecular complexity index is 442. The molecule has 0 unspecified atom stereocenters. The van der Waals surface area contributed by atoms with E-state index in [0.29, 0.717) is 0 Å². The van der Waals surface area contributed by atoms with Crippen molar-refractivity contribution in [3.63, 3.8) is 0 Å². The number of hydrogen-bond donors (Lipinski definition) is 0. The van der Waals surface area contributed by atoms with Gasteiger partial charge in [0.2, 0.25) is 0 Å². The van der Waals surface area contributed by atoms with Crippen LogP contribution >= 0.6 is 43.2 Å². The quantitative estimate of drug-likeness (QED) is 0.780. The van der Waals surface area contributed by atoms with Crippen LogP contribution in [-0.2, 0) is 5.33 Å². The third-order valence-electron chi connectivity index (χ3n) is 1.64. The average molecular weight is 334 g/mol. The third-order valence-corrected chi connectivity index (χ3v) is 3.59. The number of halogens is 2. The summed E-state index contributed by atoms with van der Waals surface area (Å²) in [4.78, 5) is 8.55. The summed E-state index contributed by atoms with van der Waals surface area (Å²) < 4.78 is 0.977. The number of hydrogen-bond acceptors (Lipinski definition) is 3. The largest absolute Gasteiger partial charge is 0.263 e. The summed E-state index contributed by atoms with van der Waals surface area (Å²) in [6.07, 6.45) is 3.59. The van der Waals surface area contributed by atoms with Crippen molar-refractivity contribution in [2.75, 3.05) is 0 Å². The lowest BCUT2D eigenvalue weighted by molar-refractivity contribution is 1.23. The average Bonchev–Trinajstić information content (AvgIpc) is 2.66. The van der Waals surface area contributed by atoms with Gasteiger partial charge in [-0.2, -0.15) is 0 Å². The Kier molecular flexibility index (Phi) is 3.30. The molecular weight excluding hydrogens is 328 g/mol. The van der Waals surface area contributed by atoms with Crippen LogP contribution in [0.5, 0.6) is 0 Å². The molecule has 0 saturated heterocycles. The van der Waals surface area contributed by atoms with Crippen molar-refractivity contribution in [3.05, 3.63) is 34.0 Å². The molecule has 5 heteroatoms. The SMILES string of the molecule is BrCc1csc(-c2cncc(Br)c2)n1. The third kappa shape index (κ3) is 2.21. The predicted molar refractivity (Wildman–Crippen MR) is 65.7 cm³/mol. The summed E-state index contributed by atoms with van der Waals surface area (Å²) in [6, 6.07) is 2.02. The van der Waals surface area contributed by atoms with Gasteiger partial charge in [0.15, 0.2) is 0 Å². The highest BCUT2D eigenvalue weighted by atomic mass is 79.9. The number of nitrogens with zero attached hydrogens (tertiary/aromatic N) is 2. The second-order valence-corrected chi connectivity index (χ2v) is 5.00. The lowest BCUT2D eigenvalue weighted by Gasteiger charge is -1.95. The van der Waals surface area contributed by atoms with Crippen LogP contribution in [0.4, 0.5) is 0 Å². The zero-order valence-electron chi connectivity index (χ0n) is 7.08. The van der Waals surface area contributed by atoms with Crippen LogP contribution in [0.3, 0.4) is 0 Å². The second-order valence-electron chi connectivity index (χ2n) is 2.67. The van der Waals surface area contributed by atoms with Crippen LogP contribution in [0.1, 0.15) is 5.69 Å². The molecule has 72 valence electrons. The molecule has 0 radical (unpaired) electrons. The first kappa shape index (κ1) is 10.3. The van der Waals surface area contributed by atoms with Gasteiger partial charge in [0.25, 0.3) is 0 Å². The standard InChI is InChI=1S/C9H6Br2N2S/c10-2-8-5-14-9(13-8)6-1-7(11)4-12-3-6/h1,3-5H,2H2. The van der Waals surface area contributed by atoms with Gasteiger partial charge in [0.05, 0.1) is 5.69 Å². The molecule has 2 heterocycles. The Hall–Kier alpha value is -0.260. The lowest BCUT2D eigenvalue weighted by atomic mass is 10.3. The number of thiazole rings is 1. The number of aromatic nitrogens is 2. The fourth-order valence-electron chi connectivity index (χ4n) is 1.03. The van der Waals surface area contributed by atoms with Crippen LogP contribution in [0.15, 0.2) is 28.3 Å². The molecule has 0 atom stereocenters. The van der Waals surface area contributed by atoms with Gasteiger partial charge in [-0.05, 0) is 22.0 Å². The Labute approximate surface area is 103 Å². The Balaban J connectivity index is 2.39. The maximum atomic E-state index is 4.45. The van der Waals surface area contributed by atoms with Crippen molar-refractivity contribution in [2.24, 2.45) is 0 Å². The van der Waals surface area contributed by atoms with E-state index in [1.165, 1.54) is 0 Å². The Morgan fingerprint density at radius 1 is 1.36 bits per heavy atom. The smallest absolute Gasteiger partial charge is 0.125 e. The van der Waals surface area contributed by atoms with E-state index in [1.807, 2.05) is 17.6 Å². The zero-order valence-corrected chi connectivity index (χ0v) is 11.1. The second kappa shape index (κ2) is 4.51. The Morgan fingerprint density at radius 3 is 2.86 bits per heavy atom. The van der Waals surface area contributed by atoms with E-state index >= 15 is 0 Å². The molecule has 0 fully saturated rings. The van der Waals surface area contributed by atoms with E-state index < -0.39 is 0 Å². The van der Waals surface area contributed by atoms with E-state index in [-0.39, 0.29) is 0 Å². The molecule has 0 aromatic carbocycles. The summed E-state index contributed by atoms with van der Waals surface area (Å²) in [5, 5.41) is 3.85. The van der Waals surface area contributed by atoms with Crippen LogP contribution in [0, 0.1) is 0 Å². The molecule has 0 spiro atoms. The first-order chi connectivity index (χ1) is 6.79. The lowest BCUT2D eigenvalue weighted by Crippen LogP contribution is -1.80. The van der Waals surface area contributed by atoms with Crippen molar-refractivity contribution in [2.45, 2.75) is 5.33 Å². The van der Waals surface area contributed by atoms with Crippen LogP contribution < -0.4 is 0 Å². The first-order valence-corrected chi connectivity index (χ1v) is 6.70. The van der Waals surface area contributed by atoms with E-state index in [0.717, 1.165) is 26.1 Å². The number of alkyl halides is 1. The molecule has 14 heavy (non-hydrogen) atoms. The number of pyridine rings is 1. The summed E-state index contributed by atoms with van der Waals surface area (Å²) >= 11 is 8.40. The van der Waals surface area contributed by atoms with Gasteiger partial charge in [-0.3, -0.25) is 4.98 Å². The van der Waals surface area contributed by atoms with Gasteiger partial charge in [-0.25, -0.2) is 4.98 Å². The van der Waals surface area contributed by atoms with Crippen molar-refractivity contribution >= 4 is 43.2 Å². The molecule has 2 aromatic heterocycles. The molecule has 0 amide bonds. The first-order valence-electron chi connectivity index (χ1n) is 3.91. The van der Waals surface area contributed by atoms with Crippen LogP contribution in [-0.4, -0.2) is 9.97 Å². The molecule has 2 nitrogen and oxygen atoms in total. The molecule has 0 N–H and O–H groups in total. The highest BCUT2D eigenvalue weighted by Crippen LogP contribution is 2.25. The molecule has 2 aromatic rings. The van der Waals surface area contributed by atoms with Gasteiger partial charge in [0, 0.05) is 33.1 Å². The van der Waals surface area contributed by atoms with Gasteiger partial charge < -0.3 is 0 Å². The minimum Gasteiger partial charge on any atom is -0.263 e.